The third-order valence-corrected chi connectivity index (χ3v) is 6.30. The average Bonchev–Trinajstić information content (AvgIpc) is 2.68. The number of carbonyl (C=O) groups excluding carboxylic acids is 1. The second-order valence-corrected chi connectivity index (χ2v) is 9.24. The smallest absolute Gasteiger partial charge is 0.251 e. The first-order valence-corrected chi connectivity index (χ1v) is 11.1. The van der Waals surface area contributed by atoms with E-state index in [4.69, 9.17) is 0 Å². The first kappa shape index (κ1) is 20.7. The Morgan fingerprint density at radius 2 is 1.66 bits per heavy atom. The lowest BCUT2D eigenvalue weighted by atomic mass is 9.83. The van der Waals surface area contributed by atoms with Gasteiger partial charge >= 0.3 is 0 Å². The van der Waals surface area contributed by atoms with E-state index in [0.29, 0.717) is 11.1 Å². The van der Waals surface area contributed by atoms with E-state index in [-0.39, 0.29) is 28.6 Å². The van der Waals surface area contributed by atoms with E-state index in [0.717, 1.165) is 16.7 Å². The van der Waals surface area contributed by atoms with Crippen molar-refractivity contribution in [3.8, 4) is 0 Å². The van der Waals surface area contributed by atoms with Gasteiger partial charge in [0.15, 0.2) is 15.6 Å². The highest BCUT2D eigenvalue weighted by Gasteiger charge is 2.22. The number of hydrogen-bond acceptors (Lipinski definition) is 4. The Kier molecular flexibility index (Phi) is 5.84. The maximum atomic E-state index is 13.1. The van der Waals surface area contributed by atoms with Gasteiger partial charge in [0.05, 0.1) is 4.90 Å². The maximum absolute atomic E-state index is 13.1. The lowest BCUT2D eigenvalue weighted by Crippen LogP contribution is -2.17. The van der Waals surface area contributed by atoms with Crippen LogP contribution in [0.5, 0.6) is 0 Å². The van der Waals surface area contributed by atoms with Gasteiger partial charge in [-0.25, -0.2) is 8.42 Å². The number of aryl methyl sites for hydroxylation is 1. The summed E-state index contributed by atoms with van der Waals surface area (Å²) >= 11 is 0. The second kappa shape index (κ2) is 8.17. The quantitative estimate of drug-likeness (QED) is 0.628. The summed E-state index contributed by atoms with van der Waals surface area (Å²) in [6.45, 7) is 3.62. The summed E-state index contributed by atoms with van der Waals surface area (Å²) in [6, 6.07) is 16.1. The summed E-state index contributed by atoms with van der Waals surface area (Å²) in [5.74, 6) is -0.384. The molecule has 5 nitrogen and oxygen atoms in total. The van der Waals surface area contributed by atoms with Crippen LogP contribution in [-0.4, -0.2) is 25.4 Å². The molecule has 0 aliphatic carbocycles. The summed E-state index contributed by atoms with van der Waals surface area (Å²) in [5.41, 5.74) is 3.41. The number of ketones is 1. The summed E-state index contributed by atoms with van der Waals surface area (Å²) in [6.07, 6.45) is 2.82. The first-order chi connectivity index (χ1) is 13.7. The Morgan fingerprint density at radius 3 is 2.28 bits per heavy atom. The van der Waals surface area contributed by atoms with E-state index in [2.05, 4.69) is 4.98 Å². The molecule has 0 saturated carbocycles. The van der Waals surface area contributed by atoms with Crippen molar-refractivity contribution in [2.75, 3.05) is 6.26 Å². The van der Waals surface area contributed by atoms with E-state index in [1.165, 1.54) is 12.5 Å². The molecule has 0 unspecified atom stereocenters. The van der Waals surface area contributed by atoms with Gasteiger partial charge in [0, 0.05) is 35.9 Å². The van der Waals surface area contributed by atoms with Crippen molar-refractivity contribution < 1.29 is 13.2 Å². The van der Waals surface area contributed by atoms with Crippen molar-refractivity contribution in [3.05, 3.63) is 99.0 Å². The largest absolute Gasteiger partial charge is 0.329 e. The van der Waals surface area contributed by atoms with Crippen molar-refractivity contribution >= 4 is 15.6 Å². The molecular weight excluding hydrogens is 386 g/mol. The van der Waals surface area contributed by atoms with E-state index in [9.17, 15) is 18.0 Å². The lowest BCUT2D eigenvalue weighted by molar-refractivity contribution is 0.0976. The van der Waals surface area contributed by atoms with Crippen LogP contribution in [0.1, 0.15) is 45.0 Å². The minimum Gasteiger partial charge on any atom is -0.329 e. The van der Waals surface area contributed by atoms with Gasteiger partial charge in [-0.05, 0) is 48.7 Å². The zero-order valence-electron chi connectivity index (χ0n) is 16.6. The van der Waals surface area contributed by atoms with Crippen LogP contribution in [0.25, 0.3) is 0 Å². The molecule has 0 fully saturated rings. The molecule has 2 aromatic carbocycles. The fourth-order valence-corrected chi connectivity index (χ4v) is 4.12. The van der Waals surface area contributed by atoms with Gasteiger partial charge in [0.1, 0.15) is 0 Å². The summed E-state index contributed by atoms with van der Waals surface area (Å²) in [7, 11) is -3.30. The third kappa shape index (κ3) is 4.54. The molecule has 1 aromatic heterocycles. The Hall–Kier alpha value is -2.99. The van der Waals surface area contributed by atoms with Gasteiger partial charge in [-0.15, -0.1) is 0 Å². The van der Waals surface area contributed by atoms with Gasteiger partial charge < -0.3 is 4.98 Å². The Bertz CT molecular complexity index is 1210. The van der Waals surface area contributed by atoms with E-state index < -0.39 is 9.84 Å². The second-order valence-electron chi connectivity index (χ2n) is 7.22. The van der Waals surface area contributed by atoms with Crippen LogP contribution in [0.15, 0.2) is 70.5 Å². The van der Waals surface area contributed by atoms with Crippen LogP contribution < -0.4 is 5.56 Å². The van der Waals surface area contributed by atoms with E-state index in [1.807, 2.05) is 31.2 Å². The monoisotopic (exact) mass is 409 g/mol. The van der Waals surface area contributed by atoms with Gasteiger partial charge in [0.25, 0.3) is 5.56 Å². The third-order valence-electron chi connectivity index (χ3n) is 5.17. The molecule has 1 N–H and O–H groups in total. The van der Waals surface area contributed by atoms with Gasteiger partial charge in [0.2, 0.25) is 0 Å². The fourth-order valence-electron chi connectivity index (χ4n) is 3.49. The number of aromatic amines is 1. The zero-order valence-corrected chi connectivity index (χ0v) is 17.4. The average molecular weight is 410 g/mol. The topological polar surface area (TPSA) is 84.1 Å². The predicted octanol–water partition coefficient (Wildman–Crippen LogP) is 3.80. The number of hydrogen-bond donors (Lipinski definition) is 1. The Morgan fingerprint density at radius 1 is 1.00 bits per heavy atom. The SMILES string of the molecule is Cc1ccccc1[C@H](CC(=O)c1cc[nH]c(=O)c1C)c1ccc(S(C)(=O)=O)cc1. The van der Waals surface area contributed by atoms with Gasteiger partial charge in [-0.3, -0.25) is 9.59 Å². The molecule has 1 heterocycles. The number of aromatic nitrogens is 1. The first-order valence-electron chi connectivity index (χ1n) is 9.25. The highest BCUT2D eigenvalue weighted by Crippen LogP contribution is 2.32. The van der Waals surface area contributed by atoms with Gasteiger partial charge in [-0.2, -0.15) is 0 Å². The van der Waals surface area contributed by atoms with Crippen molar-refractivity contribution in [3.63, 3.8) is 0 Å². The van der Waals surface area contributed by atoms with Crippen LogP contribution in [0.2, 0.25) is 0 Å². The molecule has 0 aliphatic heterocycles. The van der Waals surface area contributed by atoms with E-state index in [1.54, 1.807) is 37.3 Å². The predicted molar refractivity (Wildman–Crippen MR) is 113 cm³/mol. The van der Waals surface area contributed by atoms with E-state index >= 15 is 0 Å². The molecule has 3 rings (SSSR count). The molecule has 0 bridgehead atoms. The molecule has 0 radical (unpaired) electrons. The highest BCUT2D eigenvalue weighted by molar-refractivity contribution is 7.90. The highest BCUT2D eigenvalue weighted by atomic mass is 32.2. The van der Waals surface area contributed by atoms with Crippen molar-refractivity contribution in [1.29, 1.82) is 0 Å². The summed E-state index contributed by atoms with van der Waals surface area (Å²) in [5, 5.41) is 0. The maximum Gasteiger partial charge on any atom is 0.251 e. The molecule has 0 spiro atoms. The zero-order chi connectivity index (χ0) is 21.2. The minimum atomic E-state index is -3.30. The number of sulfone groups is 1. The molecule has 1 atom stereocenters. The number of nitrogens with one attached hydrogen (secondary N) is 1. The Balaban J connectivity index is 2.05. The van der Waals surface area contributed by atoms with Crippen LogP contribution >= 0.6 is 0 Å². The molecule has 29 heavy (non-hydrogen) atoms. The lowest BCUT2D eigenvalue weighted by Gasteiger charge is -2.20. The Labute approximate surface area is 170 Å². The standard InChI is InChI=1S/C23H23NO4S/c1-15-6-4-5-7-19(15)21(17-8-10-18(11-9-17)29(3,27)28)14-22(25)20-12-13-24-23(26)16(20)2/h4-13,21H,14H2,1-3H3,(H,24,26)/t21-/m1/s1. The molecule has 150 valence electrons. The molecule has 0 aliphatic rings. The van der Waals surface area contributed by atoms with Gasteiger partial charge in [-0.1, -0.05) is 36.4 Å². The number of Topliss-reactive ketones (excluding diaryl/α,β-unsaturated/α-hetero) is 1. The van der Waals surface area contributed by atoms with Crippen molar-refractivity contribution in [1.82, 2.24) is 4.98 Å². The number of pyridine rings is 1. The van der Waals surface area contributed by atoms with Crippen LogP contribution in [0.4, 0.5) is 0 Å². The van der Waals surface area contributed by atoms with Crippen LogP contribution in [-0.2, 0) is 9.84 Å². The summed E-state index contributed by atoms with van der Waals surface area (Å²) < 4.78 is 23.6. The number of rotatable bonds is 6. The van der Waals surface area contributed by atoms with Crippen LogP contribution in [0, 0.1) is 13.8 Å². The number of benzene rings is 2. The molecular formula is C23H23NO4S. The minimum absolute atomic E-state index is 0.131. The number of carbonyl (C=O) groups is 1. The molecule has 0 amide bonds. The molecule has 3 aromatic rings. The molecule has 0 saturated heterocycles. The van der Waals surface area contributed by atoms with Crippen LogP contribution in [0.3, 0.4) is 0 Å². The number of H-pyrrole nitrogens is 1. The van der Waals surface area contributed by atoms with Crippen molar-refractivity contribution in [2.24, 2.45) is 0 Å². The summed E-state index contributed by atoms with van der Waals surface area (Å²) in [4.78, 5) is 27.8. The normalized spacial score (nSPS) is 12.5. The fraction of sp³-hybridized carbons (Fsp3) is 0.217. The van der Waals surface area contributed by atoms with Crippen molar-refractivity contribution in [2.45, 2.75) is 31.1 Å². The molecule has 6 heteroatoms.